The Kier molecular flexibility index (Phi) is 5.23. The minimum absolute atomic E-state index is 0.0429. The van der Waals surface area contributed by atoms with E-state index >= 15 is 0 Å². The predicted octanol–water partition coefficient (Wildman–Crippen LogP) is 5.01. The number of hydrogen-bond donors (Lipinski definition) is 1. The number of aromatic nitrogens is 1. The molecule has 1 amide bonds. The molecule has 0 unspecified atom stereocenters. The van der Waals surface area contributed by atoms with E-state index in [0.717, 1.165) is 30.2 Å². The summed E-state index contributed by atoms with van der Waals surface area (Å²) in [7, 11) is 0. The number of benzene rings is 2. The number of amides is 1. The summed E-state index contributed by atoms with van der Waals surface area (Å²) in [6.07, 6.45) is 2.02. The smallest absolute Gasteiger partial charge is 0.257 e. The van der Waals surface area contributed by atoms with Crippen LogP contribution in [0.2, 0.25) is 0 Å². The van der Waals surface area contributed by atoms with Crippen LogP contribution in [0.5, 0.6) is 5.75 Å². The second-order valence-corrected chi connectivity index (χ2v) is 6.46. The highest BCUT2D eigenvalue weighted by atomic mass is 32.1. The normalized spacial score (nSPS) is 10.8. The molecule has 0 aliphatic carbocycles. The molecule has 3 rings (SSSR count). The van der Waals surface area contributed by atoms with E-state index in [9.17, 15) is 13.6 Å². The van der Waals surface area contributed by atoms with Gasteiger partial charge in [0.15, 0.2) is 10.9 Å². The first kappa shape index (κ1) is 17.3. The number of fused-ring (bicyclic) bond motifs is 1. The molecule has 0 atom stereocenters. The van der Waals surface area contributed by atoms with Gasteiger partial charge in [0.1, 0.15) is 17.1 Å². The molecular formula is C18H16F2N2O2S. The van der Waals surface area contributed by atoms with Crippen molar-refractivity contribution in [1.29, 1.82) is 0 Å². The van der Waals surface area contributed by atoms with E-state index in [1.54, 1.807) is 24.3 Å². The summed E-state index contributed by atoms with van der Waals surface area (Å²) in [5.74, 6) is -1.10. The van der Waals surface area contributed by atoms with Crippen LogP contribution in [0.1, 0.15) is 30.1 Å². The maximum atomic E-state index is 13.7. The largest absolute Gasteiger partial charge is 0.494 e. The van der Waals surface area contributed by atoms with Crippen molar-refractivity contribution in [3.05, 3.63) is 53.6 Å². The average molecular weight is 362 g/mol. The van der Waals surface area contributed by atoms with E-state index in [-0.39, 0.29) is 16.6 Å². The topological polar surface area (TPSA) is 51.2 Å². The summed E-state index contributed by atoms with van der Waals surface area (Å²) in [6.45, 7) is 2.72. The molecule has 3 aromatic rings. The number of rotatable bonds is 6. The van der Waals surface area contributed by atoms with Gasteiger partial charge >= 0.3 is 0 Å². The lowest BCUT2D eigenvalue weighted by Gasteiger charge is -2.06. The van der Waals surface area contributed by atoms with E-state index in [2.05, 4.69) is 17.2 Å². The summed E-state index contributed by atoms with van der Waals surface area (Å²) in [5, 5.41) is 2.82. The van der Waals surface area contributed by atoms with Crippen molar-refractivity contribution in [3.8, 4) is 5.75 Å². The third kappa shape index (κ3) is 4.11. The Balaban J connectivity index is 1.70. The van der Waals surface area contributed by atoms with E-state index in [0.29, 0.717) is 22.6 Å². The summed E-state index contributed by atoms with van der Waals surface area (Å²) >= 11 is 1.02. The van der Waals surface area contributed by atoms with Crippen LogP contribution in [0, 0.1) is 11.6 Å². The Morgan fingerprint density at radius 3 is 2.72 bits per heavy atom. The van der Waals surface area contributed by atoms with Crippen LogP contribution in [-0.4, -0.2) is 17.5 Å². The molecule has 25 heavy (non-hydrogen) atoms. The second-order valence-electron chi connectivity index (χ2n) is 5.43. The molecule has 0 saturated heterocycles. The molecule has 0 radical (unpaired) electrons. The van der Waals surface area contributed by atoms with Gasteiger partial charge < -0.3 is 4.74 Å². The average Bonchev–Trinajstić information content (AvgIpc) is 2.98. The van der Waals surface area contributed by atoms with Gasteiger partial charge in [-0.25, -0.2) is 13.8 Å². The predicted molar refractivity (Wildman–Crippen MR) is 94.3 cm³/mol. The third-order valence-electron chi connectivity index (χ3n) is 3.52. The van der Waals surface area contributed by atoms with Crippen LogP contribution in [0.3, 0.4) is 0 Å². The highest BCUT2D eigenvalue weighted by molar-refractivity contribution is 7.22. The van der Waals surface area contributed by atoms with Crippen LogP contribution in [0.25, 0.3) is 10.2 Å². The van der Waals surface area contributed by atoms with Gasteiger partial charge in [-0.2, -0.15) is 0 Å². The fourth-order valence-corrected chi connectivity index (χ4v) is 3.12. The molecule has 1 heterocycles. The molecule has 130 valence electrons. The van der Waals surface area contributed by atoms with Crippen molar-refractivity contribution in [1.82, 2.24) is 4.98 Å². The SMILES string of the molecule is CCCCOc1ccc(C(=O)Nc2nc3c(F)cc(F)cc3s2)cc1. The monoisotopic (exact) mass is 362 g/mol. The van der Waals surface area contributed by atoms with Crippen LogP contribution >= 0.6 is 11.3 Å². The van der Waals surface area contributed by atoms with Gasteiger partial charge in [0.2, 0.25) is 0 Å². The van der Waals surface area contributed by atoms with Gasteiger partial charge in [0.25, 0.3) is 5.91 Å². The Labute approximate surface area is 147 Å². The molecule has 1 N–H and O–H groups in total. The number of nitrogens with one attached hydrogen (secondary N) is 1. The number of thiazole rings is 1. The van der Waals surface area contributed by atoms with E-state index < -0.39 is 11.6 Å². The fraction of sp³-hybridized carbons (Fsp3) is 0.222. The second kappa shape index (κ2) is 7.57. The molecule has 0 aliphatic rings. The summed E-state index contributed by atoms with van der Waals surface area (Å²) in [4.78, 5) is 16.3. The van der Waals surface area contributed by atoms with E-state index in [1.165, 1.54) is 6.07 Å². The number of ether oxygens (including phenoxy) is 1. The van der Waals surface area contributed by atoms with Crippen LogP contribution in [-0.2, 0) is 0 Å². The Bertz CT molecular complexity index is 894. The van der Waals surface area contributed by atoms with Crippen molar-refractivity contribution in [2.45, 2.75) is 19.8 Å². The molecule has 0 aliphatic heterocycles. The van der Waals surface area contributed by atoms with Crippen molar-refractivity contribution in [2.24, 2.45) is 0 Å². The number of hydrogen-bond acceptors (Lipinski definition) is 4. The maximum absolute atomic E-state index is 13.7. The molecule has 1 aromatic heterocycles. The van der Waals surface area contributed by atoms with Crippen LogP contribution < -0.4 is 10.1 Å². The van der Waals surface area contributed by atoms with Gasteiger partial charge in [-0.15, -0.1) is 0 Å². The molecule has 0 bridgehead atoms. The number of halogens is 2. The first-order valence-electron chi connectivity index (χ1n) is 7.86. The highest BCUT2D eigenvalue weighted by Gasteiger charge is 2.13. The standard InChI is InChI=1S/C18H16F2N2O2S/c1-2-3-8-24-13-6-4-11(5-7-13)17(23)22-18-21-16-14(20)9-12(19)10-15(16)25-18/h4-7,9-10H,2-3,8H2,1H3,(H,21,22,23). The van der Waals surface area contributed by atoms with Crippen LogP contribution in [0.4, 0.5) is 13.9 Å². The maximum Gasteiger partial charge on any atom is 0.257 e. The van der Waals surface area contributed by atoms with Gasteiger partial charge in [0, 0.05) is 11.6 Å². The van der Waals surface area contributed by atoms with E-state index in [1.807, 2.05) is 0 Å². The minimum atomic E-state index is -0.750. The zero-order chi connectivity index (χ0) is 17.8. The number of nitrogens with zero attached hydrogens (tertiary/aromatic N) is 1. The van der Waals surface area contributed by atoms with Crippen molar-refractivity contribution in [3.63, 3.8) is 0 Å². The van der Waals surface area contributed by atoms with E-state index in [4.69, 9.17) is 4.74 Å². The summed E-state index contributed by atoms with van der Waals surface area (Å²) < 4.78 is 32.8. The Hall–Kier alpha value is -2.54. The molecule has 4 nitrogen and oxygen atoms in total. The first-order valence-corrected chi connectivity index (χ1v) is 8.68. The zero-order valence-electron chi connectivity index (χ0n) is 13.5. The number of carbonyl (C=O) groups is 1. The first-order chi connectivity index (χ1) is 12.1. The molecule has 0 spiro atoms. The van der Waals surface area contributed by atoms with Crippen molar-refractivity contribution >= 4 is 32.6 Å². The summed E-state index contributed by atoms with van der Waals surface area (Å²) in [6, 6.07) is 8.68. The van der Waals surface area contributed by atoms with Gasteiger partial charge in [0.05, 0.1) is 11.3 Å². The summed E-state index contributed by atoms with van der Waals surface area (Å²) in [5.41, 5.74) is 0.468. The van der Waals surface area contributed by atoms with Gasteiger partial charge in [-0.1, -0.05) is 24.7 Å². The van der Waals surface area contributed by atoms with Crippen LogP contribution in [0.15, 0.2) is 36.4 Å². The van der Waals surface area contributed by atoms with Gasteiger partial charge in [-0.3, -0.25) is 10.1 Å². The molecule has 2 aromatic carbocycles. The molecule has 7 heteroatoms. The van der Waals surface area contributed by atoms with Gasteiger partial charge in [-0.05, 0) is 36.8 Å². The number of anilines is 1. The minimum Gasteiger partial charge on any atom is -0.494 e. The quantitative estimate of drug-likeness (QED) is 0.628. The Morgan fingerprint density at radius 2 is 2.00 bits per heavy atom. The van der Waals surface area contributed by atoms with Crippen molar-refractivity contribution in [2.75, 3.05) is 11.9 Å². The highest BCUT2D eigenvalue weighted by Crippen LogP contribution is 2.29. The Morgan fingerprint density at radius 1 is 1.24 bits per heavy atom. The number of unbranched alkanes of at least 4 members (excludes halogenated alkanes) is 1. The molecule has 0 saturated carbocycles. The lowest BCUT2D eigenvalue weighted by Crippen LogP contribution is -2.11. The molecule has 0 fully saturated rings. The fourth-order valence-electron chi connectivity index (χ4n) is 2.22. The van der Waals surface area contributed by atoms with Crippen molar-refractivity contribution < 1.29 is 18.3 Å². The zero-order valence-corrected chi connectivity index (χ0v) is 14.3. The number of carbonyl (C=O) groups excluding carboxylic acids is 1. The lowest BCUT2D eigenvalue weighted by atomic mass is 10.2. The lowest BCUT2D eigenvalue weighted by molar-refractivity contribution is 0.102. The molecular weight excluding hydrogens is 346 g/mol. The third-order valence-corrected chi connectivity index (χ3v) is 4.43.